The lowest BCUT2D eigenvalue weighted by Crippen LogP contribution is -2.21. The fourth-order valence-corrected chi connectivity index (χ4v) is 3.56. The number of non-ortho nitro benzene ring substituents is 1. The van der Waals surface area contributed by atoms with Gasteiger partial charge >= 0.3 is 0 Å². The molecule has 1 heterocycles. The second-order valence-electron chi connectivity index (χ2n) is 5.95. The maximum absolute atomic E-state index is 12.4. The molecule has 10 heteroatoms. The standard InChI is InChI=1S/C19H17N3O6S/c1-27-15-8-7-12(22(25)26)9-14(15)20-17(23)10-16-19(24)21-18(29-16)11-28-13-5-3-2-4-6-13/h2-9,16H,10-11H2,1H3,(H,20,23)/t16-/m1/s1. The molecule has 29 heavy (non-hydrogen) atoms. The highest BCUT2D eigenvalue weighted by Crippen LogP contribution is 2.30. The van der Waals surface area contributed by atoms with Crippen LogP contribution in [-0.4, -0.2) is 40.7 Å². The molecule has 9 nitrogen and oxygen atoms in total. The van der Waals surface area contributed by atoms with Crippen molar-refractivity contribution in [2.75, 3.05) is 19.0 Å². The van der Waals surface area contributed by atoms with Gasteiger partial charge in [-0.15, -0.1) is 0 Å². The summed E-state index contributed by atoms with van der Waals surface area (Å²) in [6.07, 6.45) is -0.131. The van der Waals surface area contributed by atoms with E-state index in [1.165, 1.54) is 37.1 Å². The van der Waals surface area contributed by atoms with Gasteiger partial charge in [-0.1, -0.05) is 30.0 Å². The minimum Gasteiger partial charge on any atom is -0.495 e. The number of rotatable bonds is 8. The predicted octanol–water partition coefficient (Wildman–Crippen LogP) is 3.05. The molecule has 0 aliphatic carbocycles. The Morgan fingerprint density at radius 2 is 2.03 bits per heavy atom. The average Bonchev–Trinajstić information content (AvgIpc) is 3.06. The Bertz CT molecular complexity index is 964. The van der Waals surface area contributed by atoms with E-state index >= 15 is 0 Å². The van der Waals surface area contributed by atoms with Crippen LogP contribution in [0.1, 0.15) is 6.42 Å². The number of hydrogen-bond donors (Lipinski definition) is 1. The number of nitrogens with zero attached hydrogens (tertiary/aromatic N) is 2. The number of carbonyl (C=O) groups excluding carboxylic acids is 2. The Morgan fingerprint density at radius 1 is 1.28 bits per heavy atom. The largest absolute Gasteiger partial charge is 0.495 e. The molecule has 1 N–H and O–H groups in total. The van der Waals surface area contributed by atoms with Gasteiger partial charge in [0.1, 0.15) is 28.4 Å². The van der Waals surface area contributed by atoms with Crippen molar-refractivity contribution >= 4 is 40.0 Å². The molecule has 0 bridgehead atoms. The number of aliphatic imine (C=N–C) groups is 1. The van der Waals surface area contributed by atoms with Gasteiger partial charge in [0.05, 0.1) is 17.7 Å². The van der Waals surface area contributed by atoms with Crippen LogP contribution in [0.15, 0.2) is 53.5 Å². The van der Waals surface area contributed by atoms with Crippen molar-refractivity contribution in [2.45, 2.75) is 11.7 Å². The molecule has 0 saturated carbocycles. The summed E-state index contributed by atoms with van der Waals surface area (Å²) in [7, 11) is 1.39. The van der Waals surface area contributed by atoms with E-state index in [0.717, 1.165) is 0 Å². The number of nitrogens with one attached hydrogen (secondary N) is 1. The summed E-state index contributed by atoms with van der Waals surface area (Å²) in [5.41, 5.74) is -0.0215. The first-order valence-electron chi connectivity index (χ1n) is 8.54. The van der Waals surface area contributed by atoms with Gasteiger partial charge < -0.3 is 14.8 Å². The SMILES string of the molecule is COc1ccc([N+](=O)[O-])cc1NC(=O)C[C@H]1SC(COc2ccccc2)=NC1=O. The molecule has 1 aliphatic rings. The van der Waals surface area contributed by atoms with Crippen LogP contribution in [0.2, 0.25) is 0 Å². The summed E-state index contributed by atoms with van der Waals surface area (Å²) in [4.78, 5) is 38.8. The molecule has 0 fully saturated rings. The van der Waals surface area contributed by atoms with E-state index in [0.29, 0.717) is 10.8 Å². The minimum absolute atomic E-state index is 0.131. The van der Waals surface area contributed by atoms with Gasteiger partial charge in [-0.3, -0.25) is 19.7 Å². The summed E-state index contributed by atoms with van der Waals surface area (Å²) >= 11 is 1.17. The van der Waals surface area contributed by atoms with Gasteiger partial charge in [0, 0.05) is 18.6 Å². The van der Waals surface area contributed by atoms with Crippen LogP contribution in [-0.2, 0) is 9.59 Å². The third-order valence-corrected chi connectivity index (χ3v) is 5.07. The average molecular weight is 415 g/mol. The van der Waals surface area contributed by atoms with Gasteiger partial charge in [-0.25, -0.2) is 4.99 Å². The third kappa shape index (κ3) is 5.32. The van der Waals surface area contributed by atoms with E-state index in [9.17, 15) is 19.7 Å². The molecule has 0 unspecified atom stereocenters. The van der Waals surface area contributed by atoms with E-state index in [1.807, 2.05) is 18.2 Å². The third-order valence-electron chi connectivity index (χ3n) is 3.93. The molecule has 1 atom stereocenters. The van der Waals surface area contributed by atoms with Crippen LogP contribution in [0.25, 0.3) is 0 Å². The Hall–Kier alpha value is -3.40. The molecule has 0 saturated heterocycles. The lowest BCUT2D eigenvalue weighted by molar-refractivity contribution is -0.384. The second kappa shape index (κ2) is 9.20. The number of hydrogen-bond acceptors (Lipinski definition) is 7. The number of thioether (sulfide) groups is 1. The van der Waals surface area contributed by atoms with E-state index in [2.05, 4.69) is 10.3 Å². The normalized spacial score (nSPS) is 15.6. The first-order valence-corrected chi connectivity index (χ1v) is 9.42. The predicted molar refractivity (Wildman–Crippen MR) is 109 cm³/mol. The highest BCUT2D eigenvalue weighted by Gasteiger charge is 2.31. The first kappa shape index (κ1) is 20.3. The lowest BCUT2D eigenvalue weighted by atomic mass is 10.2. The number of ether oxygens (including phenoxy) is 2. The summed E-state index contributed by atoms with van der Waals surface area (Å²) in [6.45, 7) is 0.136. The van der Waals surface area contributed by atoms with E-state index in [4.69, 9.17) is 9.47 Å². The van der Waals surface area contributed by atoms with Crippen molar-refractivity contribution in [1.29, 1.82) is 0 Å². The Morgan fingerprint density at radius 3 is 2.72 bits per heavy atom. The molecule has 2 amide bonds. The molecule has 2 aromatic carbocycles. The van der Waals surface area contributed by atoms with Crippen LogP contribution >= 0.6 is 11.8 Å². The smallest absolute Gasteiger partial charge is 0.271 e. The Kier molecular flexibility index (Phi) is 6.45. The topological polar surface area (TPSA) is 120 Å². The molecule has 150 valence electrons. The molecule has 0 spiro atoms. The summed E-state index contributed by atoms with van der Waals surface area (Å²) < 4.78 is 10.7. The number of benzene rings is 2. The number of anilines is 1. The number of nitro benzene ring substituents is 1. The van der Waals surface area contributed by atoms with Crippen molar-refractivity contribution in [1.82, 2.24) is 0 Å². The zero-order valence-electron chi connectivity index (χ0n) is 15.4. The zero-order chi connectivity index (χ0) is 20.8. The maximum Gasteiger partial charge on any atom is 0.271 e. The highest BCUT2D eigenvalue weighted by molar-refractivity contribution is 8.15. The van der Waals surface area contributed by atoms with Crippen molar-refractivity contribution < 1.29 is 24.0 Å². The van der Waals surface area contributed by atoms with E-state index in [1.54, 1.807) is 12.1 Å². The van der Waals surface area contributed by atoms with Crippen LogP contribution in [0.3, 0.4) is 0 Å². The fraction of sp³-hybridized carbons (Fsp3) is 0.211. The van der Waals surface area contributed by atoms with Crippen molar-refractivity contribution in [2.24, 2.45) is 4.99 Å². The summed E-state index contributed by atoms with van der Waals surface area (Å²) in [5, 5.41) is 13.3. The quantitative estimate of drug-likeness (QED) is 0.520. The number of methoxy groups -OCH3 is 1. The van der Waals surface area contributed by atoms with Gasteiger partial charge in [0.2, 0.25) is 5.91 Å². The summed E-state index contributed by atoms with van der Waals surface area (Å²) in [5.74, 6) is 0.0441. The highest BCUT2D eigenvalue weighted by atomic mass is 32.2. The number of para-hydroxylation sites is 1. The van der Waals surface area contributed by atoms with Crippen molar-refractivity contribution in [3.05, 3.63) is 58.6 Å². The van der Waals surface area contributed by atoms with E-state index < -0.39 is 22.0 Å². The molecular formula is C19H17N3O6S. The summed E-state index contributed by atoms with van der Waals surface area (Å²) in [6, 6.07) is 13.0. The number of amides is 2. The van der Waals surface area contributed by atoms with Crippen LogP contribution in [0.4, 0.5) is 11.4 Å². The van der Waals surface area contributed by atoms with Crippen LogP contribution < -0.4 is 14.8 Å². The maximum atomic E-state index is 12.4. The molecule has 3 rings (SSSR count). The number of carbonyl (C=O) groups is 2. The fourth-order valence-electron chi connectivity index (χ4n) is 2.57. The minimum atomic E-state index is -0.672. The molecule has 0 radical (unpaired) electrons. The number of nitro groups is 1. The monoisotopic (exact) mass is 415 g/mol. The molecule has 2 aromatic rings. The van der Waals surface area contributed by atoms with Gasteiger partial charge in [-0.2, -0.15) is 0 Å². The van der Waals surface area contributed by atoms with Gasteiger partial charge in [-0.05, 0) is 18.2 Å². The molecule has 1 aliphatic heterocycles. The van der Waals surface area contributed by atoms with Crippen LogP contribution in [0, 0.1) is 10.1 Å². The van der Waals surface area contributed by atoms with E-state index in [-0.39, 0.29) is 30.2 Å². The lowest BCUT2D eigenvalue weighted by Gasteiger charge is -2.11. The van der Waals surface area contributed by atoms with Crippen LogP contribution in [0.5, 0.6) is 11.5 Å². The van der Waals surface area contributed by atoms with Gasteiger partial charge in [0.25, 0.3) is 11.6 Å². The second-order valence-corrected chi connectivity index (χ2v) is 7.22. The molecular weight excluding hydrogens is 398 g/mol. The zero-order valence-corrected chi connectivity index (χ0v) is 16.2. The van der Waals surface area contributed by atoms with Crippen molar-refractivity contribution in [3.63, 3.8) is 0 Å². The van der Waals surface area contributed by atoms with Gasteiger partial charge in [0.15, 0.2) is 0 Å². The van der Waals surface area contributed by atoms with Crippen molar-refractivity contribution in [3.8, 4) is 11.5 Å². The Balaban J connectivity index is 1.57. The first-order chi connectivity index (χ1) is 14.0. The molecule has 0 aromatic heterocycles. The Labute approximate surface area is 170 Å².